The average Bonchev–Trinajstić information content (AvgIpc) is 2.82. The minimum Gasteiger partial charge on any atom is -0.495 e. The molecule has 1 aromatic heterocycles. The van der Waals surface area contributed by atoms with E-state index in [4.69, 9.17) is 9.47 Å². The first-order valence-electron chi connectivity index (χ1n) is 6.44. The highest BCUT2D eigenvalue weighted by molar-refractivity contribution is 7.16. The Kier molecular flexibility index (Phi) is 4.92. The van der Waals surface area contributed by atoms with Gasteiger partial charge in [-0.1, -0.05) is 24.3 Å². The van der Waals surface area contributed by atoms with Crippen LogP contribution in [0.2, 0.25) is 0 Å². The first-order chi connectivity index (χ1) is 9.71. The highest BCUT2D eigenvalue weighted by Gasteiger charge is 2.11. The van der Waals surface area contributed by atoms with Crippen molar-refractivity contribution in [1.82, 2.24) is 4.57 Å². The van der Waals surface area contributed by atoms with Crippen LogP contribution in [0, 0.1) is 0 Å². The lowest BCUT2D eigenvalue weighted by Gasteiger charge is -2.07. The fraction of sp³-hybridized carbons (Fsp3) is 0.429. The molecule has 108 valence electrons. The van der Waals surface area contributed by atoms with E-state index < -0.39 is 0 Å². The summed E-state index contributed by atoms with van der Waals surface area (Å²) < 4.78 is 13.6. The van der Waals surface area contributed by atoms with E-state index in [0.717, 1.165) is 16.0 Å². The molecule has 0 atom stereocenters. The molecular formula is C14H18N2O3S. The molecule has 0 aliphatic heterocycles. The molecule has 1 amide bonds. The van der Waals surface area contributed by atoms with Gasteiger partial charge in [0.05, 0.1) is 18.4 Å². The lowest BCUT2D eigenvalue weighted by molar-refractivity contribution is -0.117. The van der Waals surface area contributed by atoms with E-state index in [9.17, 15) is 4.79 Å². The number of methoxy groups -OCH3 is 2. The fourth-order valence-corrected chi connectivity index (χ4v) is 3.01. The summed E-state index contributed by atoms with van der Waals surface area (Å²) in [6.45, 7) is 2.99. The molecule has 0 bridgehead atoms. The fourth-order valence-electron chi connectivity index (χ4n) is 1.92. The van der Waals surface area contributed by atoms with Crippen LogP contribution in [0.1, 0.15) is 13.3 Å². The molecule has 2 rings (SSSR count). The topological polar surface area (TPSA) is 52.8 Å². The number of para-hydroxylation sites is 1. The molecule has 0 unspecified atom stereocenters. The molecule has 20 heavy (non-hydrogen) atoms. The van der Waals surface area contributed by atoms with Gasteiger partial charge in [0, 0.05) is 20.1 Å². The van der Waals surface area contributed by atoms with E-state index in [-0.39, 0.29) is 5.91 Å². The summed E-state index contributed by atoms with van der Waals surface area (Å²) in [5, 5.41) is 0. The van der Waals surface area contributed by atoms with Crippen LogP contribution in [0.4, 0.5) is 0 Å². The van der Waals surface area contributed by atoms with Gasteiger partial charge < -0.3 is 14.0 Å². The van der Waals surface area contributed by atoms with Crippen molar-refractivity contribution in [2.24, 2.45) is 4.99 Å². The van der Waals surface area contributed by atoms with E-state index in [0.29, 0.717) is 24.4 Å². The summed E-state index contributed by atoms with van der Waals surface area (Å²) in [7, 11) is 3.29. The Bertz CT molecular complexity index is 673. The van der Waals surface area contributed by atoms with Crippen LogP contribution >= 0.6 is 11.3 Å². The lowest BCUT2D eigenvalue weighted by Crippen LogP contribution is -2.19. The molecule has 0 aliphatic carbocycles. The number of rotatable bonds is 5. The number of benzene rings is 1. The van der Waals surface area contributed by atoms with Gasteiger partial charge in [-0.3, -0.25) is 4.79 Å². The predicted octanol–water partition coefficient (Wildman–Crippen LogP) is 2.20. The smallest absolute Gasteiger partial charge is 0.248 e. The molecular weight excluding hydrogens is 276 g/mol. The standard InChI is InChI=1S/C14H18N2O3S/c1-4-12(17)15-14-16(8-9-18-2)13-10(19-3)6-5-7-11(13)20-14/h5-7H,4,8-9H2,1-3H3. The predicted molar refractivity (Wildman–Crippen MR) is 79.1 cm³/mol. The Labute approximate surface area is 121 Å². The SMILES string of the molecule is CCC(=O)N=c1sc2cccc(OC)c2n1CCOC. The molecule has 0 N–H and O–H groups in total. The number of ether oxygens (including phenoxy) is 2. The highest BCUT2D eigenvalue weighted by atomic mass is 32.1. The molecule has 0 aliphatic rings. The maximum Gasteiger partial charge on any atom is 0.248 e. The lowest BCUT2D eigenvalue weighted by atomic mass is 10.3. The third-order valence-corrected chi connectivity index (χ3v) is 3.97. The van der Waals surface area contributed by atoms with Crippen molar-refractivity contribution in [1.29, 1.82) is 0 Å². The number of thiazole rings is 1. The number of carbonyl (C=O) groups is 1. The molecule has 6 heteroatoms. The second-order valence-electron chi connectivity index (χ2n) is 4.20. The number of aromatic nitrogens is 1. The number of fused-ring (bicyclic) bond motifs is 1. The van der Waals surface area contributed by atoms with Gasteiger partial charge in [-0.15, -0.1) is 0 Å². The van der Waals surface area contributed by atoms with Gasteiger partial charge in [0.1, 0.15) is 11.3 Å². The summed E-state index contributed by atoms with van der Waals surface area (Å²) in [6.07, 6.45) is 0.398. The van der Waals surface area contributed by atoms with Gasteiger partial charge in [-0.05, 0) is 12.1 Å². The number of hydrogen-bond acceptors (Lipinski definition) is 4. The number of amides is 1. The zero-order valence-electron chi connectivity index (χ0n) is 11.9. The summed E-state index contributed by atoms with van der Waals surface area (Å²) in [5.74, 6) is 0.655. The van der Waals surface area contributed by atoms with Crippen LogP contribution in [0.5, 0.6) is 5.75 Å². The minimum absolute atomic E-state index is 0.123. The first-order valence-corrected chi connectivity index (χ1v) is 7.25. The zero-order valence-corrected chi connectivity index (χ0v) is 12.7. The molecule has 0 saturated carbocycles. The highest BCUT2D eigenvalue weighted by Crippen LogP contribution is 2.27. The van der Waals surface area contributed by atoms with Crippen LogP contribution in [-0.4, -0.2) is 31.3 Å². The van der Waals surface area contributed by atoms with Gasteiger partial charge in [-0.25, -0.2) is 0 Å². The number of nitrogens with zero attached hydrogens (tertiary/aromatic N) is 2. The van der Waals surface area contributed by atoms with Crippen LogP contribution < -0.4 is 9.54 Å². The number of hydrogen-bond donors (Lipinski definition) is 0. The first kappa shape index (κ1) is 14.7. The molecule has 5 nitrogen and oxygen atoms in total. The second kappa shape index (κ2) is 6.67. The maximum absolute atomic E-state index is 11.6. The Morgan fingerprint density at radius 2 is 2.20 bits per heavy atom. The molecule has 2 aromatic rings. The summed E-state index contributed by atoms with van der Waals surface area (Å²) in [5.41, 5.74) is 0.958. The van der Waals surface area contributed by atoms with E-state index in [2.05, 4.69) is 4.99 Å². The van der Waals surface area contributed by atoms with E-state index in [1.807, 2.05) is 22.8 Å². The largest absolute Gasteiger partial charge is 0.495 e. The Balaban J connectivity index is 2.68. The Hall–Kier alpha value is -1.66. The van der Waals surface area contributed by atoms with Gasteiger partial charge in [-0.2, -0.15) is 4.99 Å². The molecule has 0 saturated heterocycles. The Morgan fingerprint density at radius 3 is 2.85 bits per heavy atom. The van der Waals surface area contributed by atoms with Crippen LogP contribution in [0.3, 0.4) is 0 Å². The average molecular weight is 294 g/mol. The van der Waals surface area contributed by atoms with Crippen LogP contribution in [-0.2, 0) is 16.1 Å². The van der Waals surface area contributed by atoms with Gasteiger partial charge in [0.25, 0.3) is 0 Å². The minimum atomic E-state index is -0.123. The van der Waals surface area contributed by atoms with Crippen molar-refractivity contribution in [3.8, 4) is 5.75 Å². The van der Waals surface area contributed by atoms with Crippen molar-refractivity contribution < 1.29 is 14.3 Å². The Morgan fingerprint density at radius 1 is 1.40 bits per heavy atom. The van der Waals surface area contributed by atoms with Gasteiger partial charge in [0.15, 0.2) is 4.80 Å². The normalized spacial score (nSPS) is 12.1. The van der Waals surface area contributed by atoms with Crippen molar-refractivity contribution in [3.05, 3.63) is 23.0 Å². The van der Waals surface area contributed by atoms with Crippen molar-refractivity contribution >= 4 is 27.5 Å². The summed E-state index contributed by atoms with van der Waals surface area (Å²) in [6, 6.07) is 5.84. The zero-order chi connectivity index (χ0) is 14.5. The van der Waals surface area contributed by atoms with Crippen LogP contribution in [0.15, 0.2) is 23.2 Å². The third kappa shape index (κ3) is 2.91. The van der Waals surface area contributed by atoms with Crippen molar-refractivity contribution in [2.75, 3.05) is 20.8 Å². The third-order valence-electron chi connectivity index (χ3n) is 2.93. The quantitative estimate of drug-likeness (QED) is 0.849. The number of carbonyl (C=O) groups excluding carboxylic acids is 1. The van der Waals surface area contributed by atoms with E-state index >= 15 is 0 Å². The van der Waals surface area contributed by atoms with Crippen molar-refractivity contribution in [3.63, 3.8) is 0 Å². The van der Waals surface area contributed by atoms with Crippen LogP contribution in [0.25, 0.3) is 10.2 Å². The molecule has 0 spiro atoms. The summed E-state index contributed by atoms with van der Waals surface area (Å²) in [4.78, 5) is 16.5. The molecule has 0 radical (unpaired) electrons. The van der Waals surface area contributed by atoms with Gasteiger partial charge in [0.2, 0.25) is 5.91 Å². The molecule has 0 fully saturated rings. The molecule has 1 aromatic carbocycles. The van der Waals surface area contributed by atoms with Crippen molar-refractivity contribution in [2.45, 2.75) is 19.9 Å². The monoisotopic (exact) mass is 294 g/mol. The maximum atomic E-state index is 11.6. The van der Waals surface area contributed by atoms with E-state index in [1.54, 1.807) is 21.1 Å². The van der Waals surface area contributed by atoms with Gasteiger partial charge >= 0.3 is 0 Å². The molecule has 1 heterocycles. The second-order valence-corrected chi connectivity index (χ2v) is 5.20. The summed E-state index contributed by atoms with van der Waals surface area (Å²) >= 11 is 1.49. The van der Waals surface area contributed by atoms with E-state index in [1.165, 1.54) is 11.3 Å².